The molecule has 0 atom stereocenters. The lowest BCUT2D eigenvalue weighted by Crippen LogP contribution is -2.46. The highest BCUT2D eigenvalue weighted by Crippen LogP contribution is 2.25. The molecule has 7 nitrogen and oxygen atoms in total. The van der Waals surface area contributed by atoms with Gasteiger partial charge in [-0.25, -0.2) is 4.39 Å². The fourth-order valence-corrected chi connectivity index (χ4v) is 4.73. The number of nitrogens with zero attached hydrogens (tertiary/aromatic N) is 1. The lowest BCUT2D eigenvalue weighted by Gasteiger charge is -2.21. The van der Waals surface area contributed by atoms with Crippen molar-refractivity contribution in [2.45, 2.75) is 32.1 Å². The lowest BCUT2D eigenvalue weighted by atomic mass is 9.90. The van der Waals surface area contributed by atoms with Crippen LogP contribution in [0.15, 0.2) is 76.4 Å². The van der Waals surface area contributed by atoms with Gasteiger partial charge in [0.2, 0.25) is 0 Å². The van der Waals surface area contributed by atoms with E-state index in [-0.39, 0.29) is 16.5 Å². The molecule has 8 heteroatoms. The fourth-order valence-electron chi connectivity index (χ4n) is 4.73. The maximum Gasteiger partial charge on any atom is 0.272 e. The zero-order chi connectivity index (χ0) is 27.2. The number of benzene rings is 2. The Balaban J connectivity index is 1.42. The molecular formula is C31H28FN3O4. The number of halogens is 1. The second-order valence-electron chi connectivity index (χ2n) is 9.69. The number of aromatic nitrogens is 3. The van der Waals surface area contributed by atoms with Crippen LogP contribution in [0.1, 0.15) is 59.3 Å². The van der Waals surface area contributed by atoms with Crippen molar-refractivity contribution >= 4 is 17.9 Å². The third kappa shape index (κ3) is 6.46. The molecule has 0 bridgehead atoms. The summed E-state index contributed by atoms with van der Waals surface area (Å²) in [6, 6.07) is 15.5. The van der Waals surface area contributed by atoms with Crippen LogP contribution in [0.2, 0.25) is 0 Å². The molecule has 0 amide bonds. The van der Waals surface area contributed by atoms with Crippen LogP contribution in [0.3, 0.4) is 0 Å². The van der Waals surface area contributed by atoms with Crippen molar-refractivity contribution in [2.24, 2.45) is 5.92 Å². The first kappa shape index (κ1) is 26.0. The molecule has 1 fully saturated rings. The molecule has 4 aromatic rings. The number of H-pyrrole nitrogens is 2. The van der Waals surface area contributed by atoms with Crippen LogP contribution in [-0.4, -0.2) is 27.3 Å². The summed E-state index contributed by atoms with van der Waals surface area (Å²) < 4.78 is 19.3. The molecular weight excluding hydrogens is 497 g/mol. The maximum absolute atomic E-state index is 13.2. The van der Waals surface area contributed by atoms with Gasteiger partial charge in [0, 0.05) is 17.3 Å². The Morgan fingerprint density at radius 2 is 1.62 bits per heavy atom. The highest BCUT2D eigenvalue weighted by molar-refractivity contribution is 6.09. The molecule has 39 heavy (non-hydrogen) atoms. The van der Waals surface area contributed by atoms with Crippen molar-refractivity contribution in [3.63, 3.8) is 0 Å². The van der Waals surface area contributed by atoms with Crippen molar-refractivity contribution in [2.75, 3.05) is 6.61 Å². The number of ether oxygens (including phenoxy) is 1. The van der Waals surface area contributed by atoms with Crippen molar-refractivity contribution < 1.29 is 13.9 Å². The fraction of sp³-hybridized carbons (Fsp3) is 0.226. The molecule has 0 radical (unpaired) electrons. The van der Waals surface area contributed by atoms with Crippen LogP contribution in [0.5, 0.6) is 5.75 Å². The van der Waals surface area contributed by atoms with E-state index in [4.69, 9.17) is 4.74 Å². The molecule has 0 spiro atoms. The molecule has 1 aliphatic rings. The normalized spacial score (nSPS) is 14.9. The van der Waals surface area contributed by atoms with E-state index in [1.165, 1.54) is 55.7 Å². The molecule has 5 rings (SSSR count). The van der Waals surface area contributed by atoms with Gasteiger partial charge in [-0.3, -0.25) is 19.4 Å². The van der Waals surface area contributed by atoms with Crippen LogP contribution in [0.25, 0.3) is 12.2 Å². The molecule has 198 valence electrons. The summed E-state index contributed by atoms with van der Waals surface area (Å²) in [6.07, 6.45) is 10.6. The largest absolute Gasteiger partial charge is 0.491 e. The van der Waals surface area contributed by atoms with E-state index in [0.29, 0.717) is 40.7 Å². The van der Waals surface area contributed by atoms with E-state index in [1.54, 1.807) is 42.6 Å². The number of ketones is 1. The molecule has 2 aromatic carbocycles. The minimum Gasteiger partial charge on any atom is -0.491 e. The van der Waals surface area contributed by atoms with Gasteiger partial charge < -0.3 is 14.7 Å². The molecule has 2 heterocycles. The molecule has 1 saturated carbocycles. The summed E-state index contributed by atoms with van der Waals surface area (Å²) in [5.74, 6) is 0.356. The first-order valence-electron chi connectivity index (χ1n) is 13.0. The Morgan fingerprint density at radius 3 is 2.36 bits per heavy atom. The third-order valence-corrected chi connectivity index (χ3v) is 6.83. The minimum atomic E-state index is -0.503. The molecule has 0 unspecified atom stereocenters. The first-order valence-corrected chi connectivity index (χ1v) is 13.0. The second-order valence-corrected chi connectivity index (χ2v) is 9.69. The van der Waals surface area contributed by atoms with Crippen LogP contribution in [0.4, 0.5) is 4.39 Å². The van der Waals surface area contributed by atoms with Gasteiger partial charge in [-0.15, -0.1) is 0 Å². The van der Waals surface area contributed by atoms with Gasteiger partial charge in [0.05, 0.1) is 6.61 Å². The van der Waals surface area contributed by atoms with Crippen molar-refractivity contribution in [1.82, 2.24) is 15.0 Å². The number of carbonyl (C=O) groups is 1. The van der Waals surface area contributed by atoms with E-state index in [0.717, 1.165) is 12.8 Å². The predicted octanol–water partition coefficient (Wildman–Crippen LogP) is 3.45. The van der Waals surface area contributed by atoms with Gasteiger partial charge in [-0.2, -0.15) is 0 Å². The number of rotatable bonds is 7. The number of carbonyl (C=O) groups excluding carboxylic acids is 1. The monoisotopic (exact) mass is 525 g/mol. The Hall–Kier alpha value is -4.59. The van der Waals surface area contributed by atoms with E-state index >= 15 is 0 Å². The van der Waals surface area contributed by atoms with E-state index < -0.39 is 16.9 Å². The molecule has 2 N–H and O–H groups in total. The lowest BCUT2D eigenvalue weighted by molar-refractivity contribution is 0.103. The third-order valence-electron chi connectivity index (χ3n) is 6.83. The van der Waals surface area contributed by atoms with Gasteiger partial charge in [0.15, 0.2) is 5.78 Å². The zero-order valence-electron chi connectivity index (χ0n) is 21.3. The summed E-state index contributed by atoms with van der Waals surface area (Å²) in [7, 11) is 0. The summed E-state index contributed by atoms with van der Waals surface area (Å²) in [5, 5.41) is 0.0944. The van der Waals surface area contributed by atoms with Crippen molar-refractivity contribution in [1.29, 1.82) is 0 Å². The number of hydrogen-bond acceptors (Lipinski definition) is 5. The number of hydrogen-bond donors (Lipinski definition) is 2. The van der Waals surface area contributed by atoms with Crippen LogP contribution >= 0.6 is 0 Å². The van der Waals surface area contributed by atoms with Crippen LogP contribution in [-0.2, 0) is 0 Å². The number of pyridine rings is 1. The summed E-state index contributed by atoms with van der Waals surface area (Å²) in [4.78, 5) is 48.1. The van der Waals surface area contributed by atoms with E-state index in [9.17, 15) is 18.8 Å². The van der Waals surface area contributed by atoms with Gasteiger partial charge >= 0.3 is 0 Å². The topological polar surface area (TPSA) is 105 Å². The highest BCUT2D eigenvalue weighted by Gasteiger charge is 2.15. The maximum atomic E-state index is 13.2. The molecule has 0 aliphatic heterocycles. The Bertz CT molecular complexity index is 1720. The van der Waals surface area contributed by atoms with Gasteiger partial charge in [0.25, 0.3) is 11.1 Å². The number of aromatic amines is 2. The minimum absolute atomic E-state index is 0.0401. The second kappa shape index (κ2) is 11.9. The molecule has 0 saturated heterocycles. The molecule has 2 aromatic heterocycles. The SMILES string of the molecule is O=C(c1ccc(F)cc1)c1cccc(C=c2[nH]c(=O)c(=Cc3ncccc3OCC3CCCCC3)[nH]c2=O)c1. The summed E-state index contributed by atoms with van der Waals surface area (Å²) in [6.45, 7) is 0.593. The van der Waals surface area contributed by atoms with Crippen LogP contribution < -0.4 is 26.6 Å². The van der Waals surface area contributed by atoms with Crippen LogP contribution in [0, 0.1) is 11.7 Å². The van der Waals surface area contributed by atoms with Gasteiger partial charge in [-0.1, -0.05) is 37.5 Å². The van der Waals surface area contributed by atoms with Crippen molar-refractivity contribution in [3.05, 3.63) is 126 Å². The quantitative estimate of drug-likeness (QED) is 0.360. The standard InChI is InChI=1S/C31H28FN3O4/c32-24-13-11-22(12-14-24)29(36)23-9-4-8-21(16-23)17-26-30(37)35-27(31(38)34-26)18-25-28(10-5-15-33-25)39-19-20-6-2-1-3-7-20/h4-5,8-18,20H,1-3,6-7,19H2,(H,34,38)(H,35,37). The first-order chi connectivity index (χ1) is 19.0. The predicted molar refractivity (Wildman–Crippen MR) is 147 cm³/mol. The average Bonchev–Trinajstić information content (AvgIpc) is 2.96. The average molecular weight is 526 g/mol. The van der Waals surface area contributed by atoms with Gasteiger partial charge in [0.1, 0.15) is 28.0 Å². The van der Waals surface area contributed by atoms with E-state index in [1.807, 2.05) is 0 Å². The van der Waals surface area contributed by atoms with Gasteiger partial charge in [-0.05, 0) is 78.9 Å². The smallest absolute Gasteiger partial charge is 0.272 e. The Labute approximate surface area is 223 Å². The zero-order valence-corrected chi connectivity index (χ0v) is 21.3. The molecule has 1 aliphatic carbocycles. The Morgan fingerprint density at radius 1 is 0.897 bits per heavy atom. The summed E-state index contributed by atoms with van der Waals surface area (Å²) in [5.41, 5.74) is 0.716. The highest BCUT2D eigenvalue weighted by atomic mass is 19.1. The number of nitrogens with one attached hydrogen (secondary N) is 2. The Kier molecular flexibility index (Phi) is 7.91. The van der Waals surface area contributed by atoms with Crippen molar-refractivity contribution in [3.8, 4) is 5.75 Å². The summed E-state index contributed by atoms with van der Waals surface area (Å²) >= 11 is 0. The van der Waals surface area contributed by atoms with E-state index in [2.05, 4.69) is 15.0 Å².